The molecule has 1 aliphatic carbocycles. The third-order valence-electron chi connectivity index (χ3n) is 3.99. The van der Waals surface area contributed by atoms with Crippen LogP contribution in [0.3, 0.4) is 0 Å². The van der Waals surface area contributed by atoms with Crippen molar-refractivity contribution in [2.45, 2.75) is 65.2 Å². The minimum Gasteiger partial charge on any atom is -0.383 e. The van der Waals surface area contributed by atoms with Crippen molar-refractivity contribution in [1.82, 2.24) is 15.0 Å². The van der Waals surface area contributed by atoms with Gasteiger partial charge in [0.1, 0.15) is 23.9 Å². The van der Waals surface area contributed by atoms with Crippen LogP contribution < -0.4 is 5.32 Å². The van der Waals surface area contributed by atoms with Gasteiger partial charge in [0.15, 0.2) is 5.82 Å². The standard InChI is InChI=1S/C17H26F2N4O/c1-4-9-20-17-22-13(8-5-10(2)3)21-16(23-17)11-6-7-12(18)15(24)14(11)19/h10,12,15,24H,4-9H2,1-3H3,(H,20,21,22,23)/t12-,15?/m0/s1. The van der Waals surface area contributed by atoms with E-state index >= 15 is 0 Å². The van der Waals surface area contributed by atoms with Crippen molar-refractivity contribution in [3.05, 3.63) is 17.5 Å². The van der Waals surface area contributed by atoms with Gasteiger partial charge < -0.3 is 10.4 Å². The van der Waals surface area contributed by atoms with E-state index in [0.29, 0.717) is 30.7 Å². The van der Waals surface area contributed by atoms with Gasteiger partial charge in [-0.15, -0.1) is 0 Å². The van der Waals surface area contributed by atoms with Gasteiger partial charge in [-0.2, -0.15) is 9.97 Å². The van der Waals surface area contributed by atoms with E-state index in [4.69, 9.17) is 0 Å². The first kappa shape index (κ1) is 18.7. The van der Waals surface area contributed by atoms with Crippen molar-refractivity contribution in [2.75, 3.05) is 11.9 Å². The summed E-state index contributed by atoms with van der Waals surface area (Å²) < 4.78 is 27.7. The number of anilines is 1. The van der Waals surface area contributed by atoms with Gasteiger partial charge in [0, 0.05) is 18.5 Å². The summed E-state index contributed by atoms with van der Waals surface area (Å²) in [6, 6.07) is 0. The van der Waals surface area contributed by atoms with E-state index in [1.807, 2.05) is 6.92 Å². The van der Waals surface area contributed by atoms with Crippen molar-refractivity contribution >= 4 is 11.5 Å². The highest BCUT2D eigenvalue weighted by atomic mass is 19.1. The minimum atomic E-state index is -1.73. The molecule has 0 radical (unpaired) electrons. The third-order valence-corrected chi connectivity index (χ3v) is 3.99. The molecule has 5 nitrogen and oxygen atoms in total. The number of hydrogen-bond acceptors (Lipinski definition) is 5. The Morgan fingerprint density at radius 2 is 2.04 bits per heavy atom. The molecule has 1 heterocycles. The Morgan fingerprint density at radius 1 is 1.29 bits per heavy atom. The number of nitrogens with one attached hydrogen (secondary N) is 1. The fraction of sp³-hybridized carbons (Fsp3) is 0.706. The maximum atomic E-state index is 14.3. The third kappa shape index (κ3) is 4.69. The molecule has 0 aromatic carbocycles. The van der Waals surface area contributed by atoms with Gasteiger partial charge in [-0.1, -0.05) is 20.8 Å². The summed E-state index contributed by atoms with van der Waals surface area (Å²) in [7, 11) is 0. The number of aliphatic hydroxyl groups is 1. The lowest BCUT2D eigenvalue weighted by Gasteiger charge is -2.22. The predicted octanol–water partition coefficient (Wildman–Crippen LogP) is 3.46. The van der Waals surface area contributed by atoms with Crippen molar-refractivity contribution < 1.29 is 13.9 Å². The second-order valence-electron chi connectivity index (χ2n) is 6.58. The second kappa shape index (κ2) is 8.46. The smallest absolute Gasteiger partial charge is 0.226 e. The van der Waals surface area contributed by atoms with E-state index < -0.39 is 18.1 Å². The molecule has 1 aromatic rings. The van der Waals surface area contributed by atoms with Crippen LogP contribution in [-0.4, -0.2) is 38.9 Å². The lowest BCUT2D eigenvalue weighted by atomic mass is 9.94. The van der Waals surface area contributed by atoms with Gasteiger partial charge in [0.05, 0.1) is 0 Å². The molecular weight excluding hydrogens is 314 g/mol. The number of hydrogen-bond donors (Lipinski definition) is 2. The summed E-state index contributed by atoms with van der Waals surface area (Å²) in [5, 5.41) is 12.7. The monoisotopic (exact) mass is 340 g/mol. The average Bonchev–Trinajstić information content (AvgIpc) is 2.56. The van der Waals surface area contributed by atoms with Crippen molar-refractivity contribution in [2.24, 2.45) is 5.92 Å². The molecule has 24 heavy (non-hydrogen) atoms. The average molecular weight is 340 g/mol. The molecule has 134 valence electrons. The van der Waals surface area contributed by atoms with Crippen molar-refractivity contribution in [3.63, 3.8) is 0 Å². The van der Waals surface area contributed by atoms with Crippen LogP contribution in [0, 0.1) is 5.92 Å². The van der Waals surface area contributed by atoms with Crippen LogP contribution in [0.15, 0.2) is 5.83 Å². The van der Waals surface area contributed by atoms with Gasteiger partial charge in [-0.05, 0) is 31.6 Å². The highest BCUT2D eigenvalue weighted by Crippen LogP contribution is 2.33. The lowest BCUT2D eigenvalue weighted by Crippen LogP contribution is -2.27. The second-order valence-corrected chi connectivity index (χ2v) is 6.58. The fourth-order valence-corrected chi connectivity index (χ4v) is 2.52. The van der Waals surface area contributed by atoms with Crippen LogP contribution in [0.25, 0.3) is 5.57 Å². The zero-order valence-electron chi connectivity index (χ0n) is 14.5. The molecule has 1 unspecified atom stereocenters. The van der Waals surface area contributed by atoms with E-state index in [0.717, 1.165) is 12.8 Å². The molecular formula is C17H26F2N4O. The van der Waals surface area contributed by atoms with Gasteiger partial charge >= 0.3 is 0 Å². The number of allylic oxidation sites excluding steroid dienone is 1. The summed E-state index contributed by atoms with van der Waals surface area (Å²) in [5.74, 6) is 0.821. The first-order chi connectivity index (χ1) is 11.4. The Kier molecular flexibility index (Phi) is 6.60. The number of alkyl halides is 1. The van der Waals surface area contributed by atoms with Crippen molar-refractivity contribution in [3.8, 4) is 0 Å². The molecule has 0 fully saturated rings. The molecule has 2 rings (SSSR count). The van der Waals surface area contributed by atoms with Gasteiger partial charge in [0.25, 0.3) is 0 Å². The molecule has 0 bridgehead atoms. The largest absolute Gasteiger partial charge is 0.383 e. The van der Waals surface area contributed by atoms with E-state index in [1.54, 1.807) is 0 Å². The molecule has 0 amide bonds. The number of rotatable bonds is 7. The van der Waals surface area contributed by atoms with Crippen LogP contribution in [0.4, 0.5) is 14.7 Å². The molecule has 7 heteroatoms. The minimum absolute atomic E-state index is 0.0641. The molecule has 0 saturated heterocycles. The molecule has 2 atom stereocenters. The van der Waals surface area contributed by atoms with Crippen LogP contribution >= 0.6 is 0 Å². The lowest BCUT2D eigenvalue weighted by molar-refractivity contribution is 0.0777. The van der Waals surface area contributed by atoms with Crippen LogP contribution in [-0.2, 0) is 6.42 Å². The summed E-state index contributed by atoms with van der Waals surface area (Å²) in [4.78, 5) is 13.0. The molecule has 0 saturated carbocycles. The van der Waals surface area contributed by atoms with Gasteiger partial charge in [-0.25, -0.2) is 13.8 Å². The van der Waals surface area contributed by atoms with Gasteiger partial charge in [0.2, 0.25) is 5.95 Å². The number of aryl methyl sites for hydroxylation is 1. The van der Waals surface area contributed by atoms with E-state index in [1.165, 1.54) is 0 Å². The molecule has 1 aliphatic rings. The Labute approximate surface area is 141 Å². The molecule has 0 aliphatic heterocycles. The van der Waals surface area contributed by atoms with Crippen LogP contribution in [0.1, 0.15) is 58.1 Å². The Balaban J connectivity index is 2.35. The van der Waals surface area contributed by atoms with Crippen molar-refractivity contribution in [1.29, 1.82) is 0 Å². The van der Waals surface area contributed by atoms with E-state index in [-0.39, 0.29) is 24.2 Å². The maximum absolute atomic E-state index is 14.3. The first-order valence-electron chi connectivity index (χ1n) is 8.62. The first-order valence-corrected chi connectivity index (χ1v) is 8.62. The number of aliphatic hydroxyl groups excluding tert-OH is 1. The van der Waals surface area contributed by atoms with Crippen LogP contribution in [0.2, 0.25) is 0 Å². The Bertz CT molecular complexity index is 592. The normalized spacial score (nSPS) is 21.5. The highest BCUT2D eigenvalue weighted by molar-refractivity contribution is 5.64. The van der Waals surface area contributed by atoms with E-state index in [2.05, 4.69) is 34.1 Å². The summed E-state index contributed by atoms with van der Waals surface area (Å²) in [5.41, 5.74) is 0.184. The maximum Gasteiger partial charge on any atom is 0.226 e. The number of nitrogens with zero attached hydrogens (tertiary/aromatic N) is 3. The fourth-order valence-electron chi connectivity index (χ4n) is 2.52. The number of halogens is 2. The zero-order valence-corrected chi connectivity index (χ0v) is 14.5. The SMILES string of the molecule is CCCNc1nc(CCC(C)C)nc(C2=C(F)C(O)[C@@H](F)CC2)n1. The highest BCUT2D eigenvalue weighted by Gasteiger charge is 2.32. The molecule has 0 spiro atoms. The molecule has 2 N–H and O–H groups in total. The van der Waals surface area contributed by atoms with Crippen LogP contribution in [0.5, 0.6) is 0 Å². The quantitative estimate of drug-likeness (QED) is 0.795. The number of aromatic nitrogens is 3. The summed E-state index contributed by atoms with van der Waals surface area (Å²) in [6.07, 6.45) is -0.587. The Morgan fingerprint density at radius 3 is 2.71 bits per heavy atom. The molecule has 1 aromatic heterocycles. The topological polar surface area (TPSA) is 70.9 Å². The predicted molar refractivity (Wildman–Crippen MR) is 89.9 cm³/mol. The van der Waals surface area contributed by atoms with Gasteiger partial charge in [-0.3, -0.25) is 0 Å². The summed E-state index contributed by atoms with van der Waals surface area (Å²) >= 11 is 0. The zero-order chi connectivity index (χ0) is 17.7. The Hall–Kier alpha value is -1.63. The summed E-state index contributed by atoms with van der Waals surface area (Å²) in [6.45, 7) is 6.94. The van der Waals surface area contributed by atoms with E-state index in [9.17, 15) is 13.9 Å².